The molecule has 0 bridgehead atoms. The van der Waals surface area contributed by atoms with E-state index in [1.54, 1.807) is 6.20 Å². The summed E-state index contributed by atoms with van der Waals surface area (Å²) in [7, 11) is 0. The van der Waals surface area contributed by atoms with Gasteiger partial charge in [0.15, 0.2) is 5.82 Å². The molecular formula is C14H16BrN5O2. The molecule has 1 amide bonds. The van der Waals surface area contributed by atoms with E-state index in [1.807, 2.05) is 15.5 Å². The second-order valence-electron chi connectivity index (χ2n) is 5.78. The smallest absolute Gasteiger partial charge is 0.248 e. The lowest BCUT2D eigenvalue weighted by Gasteiger charge is -2.41. The minimum absolute atomic E-state index is 0.0713. The lowest BCUT2D eigenvalue weighted by atomic mass is 9.91. The lowest BCUT2D eigenvalue weighted by Crippen LogP contribution is -2.53. The normalized spacial score (nSPS) is 25.5. The first kappa shape index (κ1) is 14.0. The standard InChI is InChI=1S/C14H16BrN5O2/c15-12-11-13(16)17-3-4-19(11)14(18-12)8-1-2-9-6-22-7-10(21)20(9)5-8/h3-4,8-9H,1-2,5-7H2,(H2,16,17)/t8-,9-/m0/s1. The second-order valence-corrected chi connectivity index (χ2v) is 6.53. The minimum atomic E-state index is 0.0713. The molecule has 4 rings (SSSR count). The average molecular weight is 366 g/mol. The summed E-state index contributed by atoms with van der Waals surface area (Å²) in [6.07, 6.45) is 5.45. The topological polar surface area (TPSA) is 85.8 Å². The summed E-state index contributed by atoms with van der Waals surface area (Å²) in [6.45, 7) is 1.51. The molecule has 116 valence electrons. The van der Waals surface area contributed by atoms with Crippen molar-refractivity contribution in [3.8, 4) is 0 Å². The van der Waals surface area contributed by atoms with Crippen molar-refractivity contribution in [3.05, 3.63) is 22.8 Å². The number of aromatic nitrogens is 3. The molecule has 0 saturated carbocycles. The summed E-state index contributed by atoms with van der Waals surface area (Å²) >= 11 is 3.46. The molecule has 7 nitrogen and oxygen atoms in total. The minimum Gasteiger partial charge on any atom is -0.382 e. The number of imidazole rings is 1. The Kier molecular flexibility index (Phi) is 3.30. The molecule has 22 heavy (non-hydrogen) atoms. The Morgan fingerprint density at radius 3 is 3.14 bits per heavy atom. The van der Waals surface area contributed by atoms with Gasteiger partial charge in [-0.15, -0.1) is 0 Å². The molecule has 0 unspecified atom stereocenters. The first-order valence-corrected chi connectivity index (χ1v) is 8.09. The van der Waals surface area contributed by atoms with Crippen molar-refractivity contribution in [1.29, 1.82) is 0 Å². The molecule has 2 saturated heterocycles. The molecule has 0 radical (unpaired) electrons. The van der Waals surface area contributed by atoms with Gasteiger partial charge in [-0.3, -0.25) is 9.20 Å². The van der Waals surface area contributed by atoms with E-state index in [2.05, 4.69) is 25.9 Å². The number of ether oxygens (including phenoxy) is 1. The number of anilines is 1. The van der Waals surface area contributed by atoms with Crippen LogP contribution >= 0.6 is 15.9 Å². The van der Waals surface area contributed by atoms with Crippen molar-refractivity contribution >= 4 is 33.2 Å². The highest BCUT2D eigenvalue weighted by Crippen LogP contribution is 2.34. The van der Waals surface area contributed by atoms with Gasteiger partial charge in [0.05, 0.1) is 12.6 Å². The fourth-order valence-electron chi connectivity index (χ4n) is 3.41. The fourth-order valence-corrected chi connectivity index (χ4v) is 3.99. The number of carbonyl (C=O) groups excluding carboxylic acids is 1. The van der Waals surface area contributed by atoms with Crippen LogP contribution in [0.1, 0.15) is 24.6 Å². The summed E-state index contributed by atoms with van der Waals surface area (Å²) in [4.78, 5) is 22.7. The third-order valence-electron chi connectivity index (χ3n) is 4.50. The monoisotopic (exact) mass is 365 g/mol. The fraction of sp³-hybridized carbons (Fsp3) is 0.500. The second kappa shape index (κ2) is 5.20. The van der Waals surface area contributed by atoms with Crippen LogP contribution in [0.3, 0.4) is 0 Å². The average Bonchev–Trinajstić information content (AvgIpc) is 2.86. The van der Waals surface area contributed by atoms with Gasteiger partial charge >= 0.3 is 0 Å². The zero-order chi connectivity index (χ0) is 15.3. The predicted molar refractivity (Wildman–Crippen MR) is 83.4 cm³/mol. The van der Waals surface area contributed by atoms with Crippen LogP contribution in [-0.2, 0) is 9.53 Å². The Bertz CT molecular complexity index is 746. The number of morpholine rings is 1. The van der Waals surface area contributed by atoms with E-state index in [1.165, 1.54) is 0 Å². The summed E-state index contributed by atoms with van der Waals surface area (Å²) in [6, 6.07) is 0.207. The summed E-state index contributed by atoms with van der Waals surface area (Å²) in [5.74, 6) is 1.64. The van der Waals surface area contributed by atoms with Crippen LogP contribution in [0.2, 0.25) is 0 Å². The number of piperidine rings is 1. The van der Waals surface area contributed by atoms with E-state index in [0.717, 1.165) is 24.2 Å². The van der Waals surface area contributed by atoms with Gasteiger partial charge in [-0.25, -0.2) is 9.97 Å². The number of amides is 1. The molecule has 2 aromatic rings. The number of hydrogen-bond acceptors (Lipinski definition) is 5. The first-order valence-electron chi connectivity index (χ1n) is 7.30. The molecule has 4 heterocycles. The van der Waals surface area contributed by atoms with Crippen molar-refractivity contribution in [1.82, 2.24) is 19.3 Å². The van der Waals surface area contributed by atoms with Gasteiger partial charge in [0, 0.05) is 24.9 Å². The lowest BCUT2D eigenvalue weighted by molar-refractivity contribution is -0.150. The van der Waals surface area contributed by atoms with E-state index >= 15 is 0 Å². The molecule has 2 aliphatic rings. The van der Waals surface area contributed by atoms with E-state index in [-0.39, 0.29) is 24.5 Å². The van der Waals surface area contributed by atoms with Crippen LogP contribution in [0.5, 0.6) is 0 Å². The van der Waals surface area contributed by atoms with Gasteiger partial charge < -0.3 is 15.4 Å². The van der Waals surface area contributed by atoms with Crippen LogP contribution in [0.15, 0.2) is 17.0 Å². The number of halogens is 1. The van der Waals surface area contributed by atoms with E-state index in [0.29, 0.717) is 23.6 Å². The first-order chi connectivity index (χ1) is 10.6. The SMILES string of the molecule is Nc1nccn2c([C@H]3CC[C@H]4COCC(=O)N4C3)nc(Br)c12. The number of nitrogens with zero attached hydrogens (tertiary/aromatic N) is 4. The Balaban J connectivity index is 1.71. The number of nitrogens with two attached hydrogens (primary N) is 1. The van der Waals surface area contributed by atoms with Crippen molar-refractivity contribution in [2.24, 2.45) is 0 Å². The number of nitrogen functional groups attached to an aromatic ring is 1. The van der Waals surface area contributed by atoms with Crippen molar-refractivity contribution in [3.63, 3.8) is 0 Å². The predicted octanol–water partition coefficient (Wildman–Crippen LogP) is 1.18. The van der Waals surface area contributed by atoms with E-state index < -0.39 is 0 Å². The van der Waals surface area contributed by atoms with Crippen LogP contribution in [-0.4, -0.2) is 51.0 Å². The highest BCUT2D eigenvalue weighted by molar-refractivity contribution is 9.10. The quantitative estimate of drug-likeness (QED) is 0.819. The third-order valence-corrected chi connectivity index (χ3v) is 5.05. The van der Waals surface area contributed by atoms with Gasteiger partial charge in [0.1, 0.15) is 22.6 Å². The summed E-state index contributed by atoms with van der Waals surface area (Å²) in [5.41, 5.74) is 6.73. The molecule has 2 aliphatic heterocycles. The maximum atomic E-state index is 12.1. The Hall–Kier alpha value is -1.67. The van der Waals surface area contributed by atoms with Crippen LogP contribution < -0.4 is 5.73 Å². The maximum Gasteiger partial charge on any atom is 0.248 e. The van der Waals surface area contributed by atoms with E-state index in [9.17, 15) is 4.79 Å². The zero-order valence-corrected chi connectivity index (χ0v) is 13.5. The van der Waals surface area contributed by atoms with Gasteiger partial charge in [0.2, 0.25) is 5.91 Å². The van der Waals surface area contributed by atoms with E-state index in [4.69, 9.17) is 10.5 Å². The number of carbonyl (C=O) groups is 1. The zero-order valence-electron chi connectivity index (χ0n) is 11.9. The molecule has 2 fully saturated rings. The Morgan fingerprint density at radius 1 is 1.41 bits per heavy atom. The van der Waals surface area contributed by atoms with Gasteiger partial charge in [-0.05, 0) is 28.8 Å². The Morgan fingerprint density at radius 2 is 2.27 bits per heavy atom. The summed E-state index contributed by atoms with van der Waals surface area (Å²) in [5, 5.41) is 0. The molecule has 2 aromatic heterocycles. The van der Waals surface area contributed by atoms with Crippen LogP contribution in [0.4, 0.5) is 5.82 Å². The number of fused-ring (bicyclic) bond motifs is 2. The van der Waals surface area contributed by atoms with Crippen molar-refractivity contribution in [2.45, 2.75) is 24.8 Å². The summed E-state index contributed by atoms with van der Waals surface area (Å²) < 4.78 is 8.01. The Labute approximate surface area is 135 Å². The molecular weight excluding hydrogens is 350 g/mol. The van der Waals surface area contributed by atoms with Crippen LogP contribution in [0, 0.1) is 0 Å². The highest BCUT2D eigenvalue weighted by Gasteiger charge is 2.36. The van der Waals surface area contributed by atoms with Crippen LogP contribution in [0.25, 0.3) is 5.52 Å². The molecule has 0 aliphatic carbocycles. The maximum absolute atomic E-state index is 12.1. The molecule has 0 spiro atoms. The van der Waals surface area contributed by atoms with Gasteiger partial charge in [-0.1, -0.05) is 0 Å². The molecule has 2 N–H and O–H groups in total. The largest absolute Gasteiger partial charge is 0.382 e. The van der Waals surface area contributed by atoms with Gasteiger partial charge in [0.25, 0.3) is 0 Å². The molecule has 0 aromatic carbocycles. The molecule has 8 heteroatoms. The number of rotatable bonds is 1. The van der Waals surface area contributed by atoms with Crippen molar-refractivity contribution in [2.75, 3.05) is 25.5 Å². The third kappa shape index (κ3) is 2.09. The van der Waals surface area contributed by atoms with Gasteiger partial charge in [-0.2, -0.15) is 0 Å². The molecule has 2 atom stereocenters. The number of hydrogen-bond donors (Lipinski definition) is 1. The highest BCUT2D eigenvalue weighted by atomic mass is 79.9. The van der Waals surface area contributed by atoms with Crippen molar-refractivity contribution < 1.29 is 9.53 Å².